The molecule has 4 rings (SSSR count). The molecule has 9 heteroatoms. The van der Waals surface area contributed by atoms with E-state index < -0.39 is 0 Å². The van der Waals surface area contributed by atoms with Crippen LogP contribution in [0.15, 0.2) is 30.6 Å². The van der Waals surface area contributed by atoms with Gasteiger partial charge in [-0.25, -0.2) is 9.97 Å². The van der Waals surface area contributed by atoms with Gasteiger partial charge in [-0.3, -0.25) is 9.48 Å². The van der Waals surface area contributed by atoms with Gasteiger partial charge in [0.05, 0.1) is 23.9 Å². The number of fused-ring (bicyclic) bond motifs is 2. The van der Waals surface area contributed by atoms with E-state index in [2.05, 4.69) is 20.4 Å². The van der Waals surface area contributed by atoms with Gasteiger partial charge in [0.15, 0.2) is 5.65 Å². The van der Waals surface area contributed by atoms with Gasteiger partial charge < -0.3 is 20.8 Å². The lowest BCUT2D eigenvalue weighted by Gasteiger charge is -2.19. The van der Waals surface area contributed by atoms with E-state index in [0.717, 1.165) is 29.5 Å². The number of aromatic nitrogens is 5. The molecule has 9 nitrogen and oxygen atoms in total. The minimum absolute atomic E-state index is 0.201. The summed E-state index contributed by atoms with van der Waals surface area (Å²) < 4.78 is 7.79. The number of ether oxygens (including phenoxy) is 1. The Bertz CT molecular complexity index is 1340. The van der Waals surface area contributed by atoms with Crippen molar-refractivity contribution in [2.75, 3.05) is 6.61 Å². The molecule has 0 fully saturated rings. The Morgan fingerprint density at radius 3 is 2.71 bits per heavy atom. The molecular weight excluding hydrogens is 430 g/mol. The highest BCUT2D eigenvalue weighted by Gasteiger charge is 2.21. The number of benzene rings is 1. The molecular formula is C25H33N7O2. The van der Waals surface area contributed by atoms with E-state index in [1.54, 1.807) is 12.4 Å². The summed E-state index contributed by atoms with van der Waals surface area (Å²) in [5.74, 6) is 0.560. The zero-order valence-electron chi connectivity index (χ0n) is 20.7. The minimum Gasteiger partial charge on any atom is -0.494 e. The lowest BCUT2D eigenvalue weighted by molar-refractivity contribution is 0.0921. The number of aryl methyl sites for hydroxylation is 1. The third-order valence-electron chi connectivity index (χ3n) is 5.41. The molecule has 0 aliphatic carbocycles. The zero-order chi connectivity index (χ0) is 24.7. The van der Waals surface area contributed by atoms with Gasteiger partial charge in [0, 0.05) is 29.7 Å². The summed E-state index contributed by atoms with van der Waals surface area (Å²) in [5.41, 5.74) is 9.23. The Hall–Kier alpha value is -3.46. The number of carbonyl (C=O) groups excluding carboxylic acids is 1. The Balaban J connectivity index is 1.66. The Morgan fingerprint density at radius 2 is 2.00 bits per heavy atom. The van der Waals surface area contributed by atoms with Gasteiger partial charge >= 0.3 is 0 Å². The summed E-state index contributed by atoms with van der Waals surface area (Å²) in [7, 11) is 1.89. The predicted molar refractivity (Wildman–Crippen MR) is 134 cm³/mol. The van der Waals surface area contributed by atoms with E-state index in [1.807, 2.05) is 64.5 Å². The summed E-state index contributed by atoms with van der Waals surface area (Å²) in [6, 6.07) is 5.90. The molecule has 0 atom stereocenters. The van der Waals surface area contributed by atoms with Crippen LogP contribution in [0.25, 0.3) is 33.5 Å². The van der Waals surface area contributed by atoms with Crippen LogP contribution in [0.4, 0.5) is 0 Å². The number of nitrogens with two attached hydrogens (primary N) is 1. The molecule has 3 heterocycles. The summed E-state index contributed by atoms with van der Waals surface area (Å²) in [4.78, 5) is 25.1. The van der Waals surface area contributed by atoms with Crippen molar-refractivity contribution in [3.05, 3.63) is 36.2 Å². The average Bonchev–Trinajstić information content (AvgIpc) is 3.30. The van der Waals surface area contributed by atoms with Crippen molar-refractivity contribution in [3.8, 4) is 17.1 Å². The largest absolute Gasteiger partial charge is 0.494 e. The average molecular weight is 464 g/mol. The monoisotopic (exact) mass is 463 g/mol. The fourth-order valence-corrected chi connectivity index (χ4v) is 3.83. The first-order chi connectivity index (χ1) is 15.9. The van der Waals surface area contributed by atoms with Gasteiger partial charge in [-0.1, -0.05) is 0 Å². The molecule has 0 aliphatic heterocycles. The first kappa shape index (κ1) is 23.7. The number of nitrogens with one attached hydrogen (secondary N) is 2. The number of nitrogens with zero attached hydrogens (tertiary/aromatic N) is 4. The van der Waals surface area contributed by atoms with E-state index in [9.17, 15) is 4.79 Å². The topological polar surface area (TPSA) is 124 Å². The molecule has 0 saturated heterocycles. The molecule has 4 N–H and O–H groups in total. The molecule has 1 aromatic carbocycles. The molecule has 1 amide bonds. The highest BCUT2D eigenvalue weighted by molar-refractivity contribution is 6.05. The van der Waals surface area contributed by atoms with Crippen LogP contribution in [0.5, 0.6) is 5.75 Å². The van der Waals surface area contributed by atoms with Crippen LogP contribution in [0.2, 0.25) is 0 Å². The van der Waals surface area contributed by atoms with Gasteiger partial charge in [0.1, 0.15) is 22.7 Å². The van der Waals surface area contributed by atoms with Crippen molar-refractivity contribution < 1.29 is 9.53 Å². The van der Waals surface area contributed by atoms with Crippen LogP contribution >= 0.6 is 0 Å². The van der Waals surface area contributed by atoms with Gasteiger partial charge in [-0.2, -0.15) is 5.10 Å². The van der Waals surface area contributed by atoms with Crippen molar-refractivity contribution >= 4 is 28.0 Å². The van der Waals surface area contributed by atoms with Crippen molar-refractivity contribution in [3.63, 3.8) is 0 Å². The van der Waals surface area contributed by atoms with E-state index >= 15 is 0 Å². The molecule has 0 aliphatic rings. The van der Waals surface area contributed by atoms with Crippen molar-refractivity contribution in [1.82, 2.24) is 30.0 Å². The number of hydrogen-bond donors (Lipinski definition) is 3. The van der Waals surface area contributed by atoms with Gasteiger partial charge in [-0.05, 0) is 65.7 Å². The van der Waals surface area contributed by atoms with Crippen molar-refractivity contribution in [2.45, 2.75) is 58.5 Å². The maximum atomic E-state index is 12.8. The summed E-state index contributed by atoms with van der Waals surface area (Å²) in [5, 5.41) is 8.57. The first-order valence-electron chi connectivity index (χ1n) is 11.5. The standard InChI is InChI=1S/C25H33N7O2/c1-24(2,3)30-23(33)17-13-27-22-21(17)29-18(14-28-22)20-16-12-15(8-9-19(16)32(6)31-20)34-11-7-10-25(4,5)26/h8-9,12-14H,7,10-11,26H2,1-6H3,(H,27,28)(H,30,33). The second-order valence-corrected chi connectivity index (χ2v) is 10.5. The SMILES string of the molecule is Cn1nc(-c2cnc3[nH]cc(C(=O)NC(C)(C)C)c3n2)c2cc(OCCCC(C)(C)N)ccc21. The zero-order valence-corrected chi connectivity index (χ0v) is 20.7. The van der Waals surface area contributed by atoms with Crippen molar-refractivity contribution in [2.24, 2.45) is 12.8 Å². The maximum absolute atomic E-state index is 12.8. The molecule has 3 aromatic heterocycles. The van der Waals surface area contributed by atoms with Crippen LogP contribution in [0.1, 0.15) is 57.8 Å². The summed E-state index contributed by atoms with van der Waals surface area (Å²) in [6.07, 6.45) is 5.06. The van der Waals surface area contributed by atoms with E-state index in [0.29, 0.717) is 34.7 Å². The Morgan fingerprint density at radius 1 is 1.24 bits per heavy atom. The van der Waals surface area contributed by atoms with Crippen molar-refractivity contribution in [1.29, 1.82) is 0 Å². The minimum atomic E-state index is -0.362. The van der Waals surface area contributed by atoms with Crippen LogP contribution in [-0.2, 0) is 7.05 Å². The Kier molecular flexibility index (Phi) is 6.07. The number of carbonyl (C=O) groups is 1. The summed E-state index contributed by atoms with van der Waals surface area (Å²) >= 11 is 0. The van der Waals surface area contributed by atoms with Crippen LogP contribution in [0.3, 0.4) is 0 Å². The third kappa shape index (κ3) is 5.20. The van der Waals surface area contributed by atoms with Crippen LogP contribution < -0.4 is 15.8 Å². The molecule has 0 saturated carbocycles. The summed E-state index contributed by atoms with van der Waals surface area (Å²) in [6.45, 7) is 10.4. The maximum Gasteiger partial charge on any atom is 0.255 e. The highest BCUT2D eigenvalue weighted by atomic mass is 16.5. The fraction of sp³-hybridized carbons (Fsp3) is 0.440. The quantitative estimate of drug-likeness (QED) is 0.357. The molecule has 0 spiro atoms. The lowest BCUT2D eigenvalue weighted by Crippen LogP contribution is -2.40. The number of H-pyrrole nitrogens is 1. The molecule has 180 valence electrons. The third-order valence-corrected chi connectivity index (χ3v) is 5.41. The predicted octanol–water partition coefficient (Wildman–Crippen LogP) is 3.94. The number of amides is 1. The van der Waals surface area contributed by atoms with Gasteiger partial charge in [0.25, 0.3) is 5.91 Å². The van der Waals surface area contributed by atoms with Crippen LogP contribution in [0, 0.1) is 0 Å². The molecule has 0 bridgehead atoms. The smallest absolute Gasteiger partial charge is 0.255 e. The van der Waals surface area contributed by atoms with E-state index in [4.69, 9.17) is 15.5 Å². The second-order valence-electron chi connectivity index (χ2n) is 10.5. The number of rotatable bonds is 7. The van der Waals surface area contributed by atoms with E-state index in [-0.39, 0.29) is 17.0 Å². The molecule has 4 aromatic rings. The lowest BCUT2D eigenvalue weighted by atomic mass is 10.0. The fourth-order valence-electron chi connectivity index (χ4n) is 3.83. The van der Waals surface area contributed by atoms with E-state index in [1.165, 1.54) is 0 Å². The molecule has 0 radical (unpaired) electrons. The van der Waals surface area contributed by atoms with Crippen LogP contribution in [-0.4, -0.2) is 48.3 Å². The molecule has 34 heavy (non-hydrogen) atoms. The number of hydrogen-bond acceptors (Lipinski definition) is 6. The molecule has 0 unspecified atom stereocenters. The second kappa shape index (κ2) is 8.72. The Labute approximate surface area is 199 Å². The number of aromatic amines is 1. The van der Waals surface area contributed by atoms with Gasteiger partial charge in [0.2, 0.25) is 0 Å². The van der Waals surface area contributed by atoms with Gasteiger partial charge in [-0.15, -0.1) is 0 Å². The first-order valence-corrected chi connectivity index (χ1v) is 11.5. The normalized spacial score (nSPS) is 12.4. The highest BCUT2D eigenvalue weighted by Crippen LogP contribution is 2.30.